The van der Waals surface area contributed by atoms with Crippen molar-refractivity contribution in [1.29, 1.82) is 0 Å². The number of allylic oxidation sites excluding steroid dienone is 12. The minimum Gasteiger partial charge on any atom is -0.480 e. The molecule has 0 aromatic rings. The lowest BCUT2D eigenvalue weighted by atomic mass is 10.0. The Labute approximate surface area is 324 Å². The minimum absolute atomic E-state index is 0.0277. The number of carbonyl (C=O) groups is 3. The molecule has 0 aliphatic heterocycles. The molecular weight excluding hydrogens is 661 g/mol. The first kappa shape index (κ1) is 49.8. The second-order valence-electron chi connectivity index (χ2n) is 14.0. The molecule has 2 atom stereocenters. The molecule has 302 valence electrons. The number of ether oxygens (including phenoxy) is 1. The highest BCUT2D eigenvalue weighted by molar-refractivity contribution is 5.83. The van der Waals surface area contributed by atoms with Gasteiger partial charge in [-0.05, 0) is 96.4 Å². The average Bonchev–Trinajstić information content (AvgIpc) is 3.14. The van der Waals surface area contributed by atoms with Crippen molar-refractivity contribution in [2.24, 2.45) is 5.73 Å². The zero-order valence-corrected chi connectivity index (χ0v) is 33.8. The molecule has 0 bridgehead atoms. The van der Waals surface area contributed by atoms with Crippen LogP contribution < -0.4 is 11.1 Å². The lowest BCUT2D eigenvalue weighted by Crippen LogP contribution is -2.40. The molecule has 0 aliphatic carbocycles. The van der Waals surface area contributed by atoms with Gasteiger partial charge >= 0.3 is 11.9 Å². The largest absolute Gasteiger partial charge is 0.480 e. The number of unbranched alkanes of at least 4 members (excludes halogenated alkanes) is 11. The number of esters is 1. The van der Waals surface area contributed by atoms with Gasteiger partial charge in [0, 0.05) is 12.8 Å². The third kappa shape index (κ3) is 36.9. The van der Waals surface area contributed by atoms with Gasteiger partial charge in [-0.1, -0.05) is 151 Å². The Bertz CT molecular complexity index is 1060. The molecule has 0 heterocycles. The Morgan fingerprint density at radius 3 is 1.49 bits per heavy atom. The van der Waals surface area contributed by atoms with Gasteiger partial charge in [-0.2, -0.15) is 0 Å². The fourth-order valence-electron chi connectivity index (χ4n) is 5.89. The molecular formula is C46H78N2O5. The molecule has 2 unspecified atom stereocenters. The van der Waals surface area contributed by atoms with Crippen molar-refractivity contribution in [2.75, 3.05) is 6.54 Å². The average molecular weight is 739 g/mol. The van der Waals surface area contributed by atoms with Gasteiger partial charge in [0.1, 0.15) is 12.1 Å². The third-order valence-electron chi connectivity index (χ3n) is 9.05. The fraction of sp³-hybridized carbons (Fsp3) is 0.674. The molecule has 0 spiro atoms. The normalized spacial score (nSPS) is 13.4. The van der Waals surface area contributed by atoms with Gasteiger partial charge in [0.2, 0.25) is 5.91 Å². The maximum absolute atomic E-state index is 12.7. The van der Waals surface area contributed by atoms with Crippen LogP contribution in [0, 0.1) is 0 Å². The molecule has 4 N–H and O–H groups in total. The van der Waals surface area contributed by atoms with E-state index in [2.05, 4.69) is 92.1 Å². The van der Waals surface area contributed by atoms with Crippen LogP contribution in [-0.2, 0) is 19.1 Å². The van der Waals surface area contributed by atoms with Crippen LogP contribution in [0.4, 0.5) is 0 Å². The van der Waals surface area contributed by atoms with Gasteiger partial charge in [-0.15, -0.1) is 0 Å². The number of rotatable bonds is 37. The Morgan fingerprint density at radius 2 is 1.02 bits per heavy atom. The predicted molar refractivity (Wildman–Crippen MR) is 225 cm³/mol. The van der Waals surface area contributed by atoms with E-state index in [1.165, 1.54) is 44.9 Å². The SMILES string of the molecule is CC/C=C\C/C=C\C/C=C\C/C=C\C/C=C\C/C=C\CCC(=O)OC(CCCCCCCCCC)CCCCCCCC(=O)NC(CCCN)C(=O)O. The summed E-state index contributed by atoms with van der Waals surface area (Å²) in [5.41, 5.74) is 5.48. The number of hydrogen-bond donors (Lipinski definition) is 3. The van der Waals surface area contributed by atoms with Crippen LogP contribution in [-0.4, -0.2) is 41.6 Å². The smallest absolute Gasteiger partial charge is 0.326 e. The van der Waals surface area contributed by atoms with E-state index in [1.54, 1.807) is 0 Å². The molecule has 53 heavy (non-hydrogen) atoms. The Hall–Kier alpha value is -3.19. The van der Waals surface area contributed by atoms with Crippen molar-refractivity contribution in [3.8, 4) is 0 Å². The predicted octanol–water partition coefficient (Wildman–Crippen LogP) is 11.9. The lowest BCUT2D eigenvalue weighted by Gasteiger charge is -2.18. The van der Waals surface area contributed by atoms with Crippen molar-refractivity contribution in [2.45, 2.75) is 193 Å². The summed E-state index contributed by atoms with van der Waals surface area (Å²) in [6.45, 7) is 4.80. The number of amides is 1. The molecule has 7 nitrogen and oxygen atoms in total. The van der Waals surface area contributed by atoms with Crippen molar-refractivity contribution < 1.29 is 24.2 Å². The monoisotopic (exact) mass is 739 g/mol. The first-order valence-electron chi connectivity index (χ1n) is 21.3. The quantitative estimate of drug-likeness (QED) is 0.0332. The van der Waals surface area contributed by atoms with Gasteiger partial charge in [0.25, 0.3) is 0 Å². The number of carboxylic acids is 1. The van der Waals surface area contributed by atoms with Gasteiger partial charge in [-0.3, -0.25) is 9.59 Å². The number of hydrogen-bond acceptors (Lipinski definition) is 5. The number of carboxylic acid groups (broad SMARTS) is 1. The van der Waals surface area contributed by atoms with E-state index in [-0.39, 0.29) is 18.0 Å². The van der Waals surface area contributed by atoms with E-state index in [0.717, 1.165) is 89.9 Å². The molecule has 0 aromatic carbocycles. The standard InChI is InChI=1S/C46H78N2O5/c1-3-5-7-9-11-13-14-15-16-17-18-19-20-21-22-23-25-30-34-40-45(50)53-42(36-31-27-24-12-10-8-6-4-2)37-32-28-26-29-33-39-44(49)48-43(46(51)52)38-35-41-47/h5,7,11,13,15-16,18-19,21-22,25,30,42-43H,3-4,6,8-10,12,14,17,20,23-24,26-29,31-41,47H2,1-2H3,(H,48,49)(H,51,52)/b7-5-,13-11-,16-15-,19-18-,22-21-,30-25-. The summed E-state index contributed by atoms with van der Waals surface area (Å²) in [7, 11) is 0. The van der Waals surface area contributed by atoms with E-state index in [0.29, 0.717) is 38.6 Å². The highest BCUT2D eigenvalue weighted by Crippen LogP contribution is 2.18. The van der Waals surface area contributed by atoms with Crippen molar-refractivity contribution in [1.82, 2.24) is 5.32 Å². The zero-order chi connectivity index (χ0) is 38.9. The number of nitrogens with one attached hydrogen (secondary N) is 1. The molecule has 0 rings (SSSR count). The highest BCUT2D eigenvalue weighted by Gasteiger charge is 2.19. The molecule has 0 aliphatic rings. The molecule has 1 amide bonds. The summed E-state index contributed by atoms with van der Waals surface area (Å²) in [6, 6.07) is -0.864. The summed E-state index contributed by atoms with van der Waals surface area (Å²) in [6.07, 6.45) is 50.9. The van der Waals surface area contributed by atoms with E-state index in [9.17, 15) is 19.5 Å². The van der Waals surface area contributed by atoms with Crippen molar-refractivity contribution >= 4 is 17.8 Å². The summed E-state index contributed by atoms with van der Waals surface area (Å²) in [4.78, 5) is 36.3. The van der Waals surface area contributed by atoms with Crippen molar-refractivity contribution in [3.05, 3.63) is 72.9 Å². The van der Waals surface area contributed by atoms with Gasteiger partial charge in [0.05, 0.1) is 0 Å². The first-order valence-corrected chi connectivity index (χ1v) is 21.3. The number of carbonyl (C=O) groups excluding carboxylic acids is 2. The van der Waals surface area contributed by atoms with Gasteiger partial charge in [0.15, 0.2) is 0 Å². The summed E-state index contributed by atoms with van der Waals surface area (Å²) in [5.74, 6) is -1.33. The highest BCUT2D eigenvalue weighted by atomic mass is 16.5. The summed E-state index contributed by atoms with van der Waals surface area (Å²) in [5, 5.41) is 11.9. The summed E-state index contributed by atoms with van der Waals surface area (Å²) >= 11 is 0. The van der Waals surface area contributed by atoms with Crippen LogP contribution in [0.3, 0.4) is 0 Å². The Kier molecular flexibility index (Phi) is 37.6. The number of aliphatic carboxylic acids is 1. The van der Waals surface area contributed by atoms with E-state index >= 15 is 0 Å². The lowest BCUT2D eigenvalue weighted by molar-refractivity contribution is -0.149. The molecule has 0 aromatic heterocycles. The van der Waals surface area contributed by atoms with Crippen LogP contribution in [0.15, 0.2) is 72.9 Å². The first-order chi connectivity index (χ1) is 25.9. The van der Waals surface area contributed by atoms with Crippen LogP contribution in [0.1, 0.15) is 181 Å². The third-order valence-corrected chi connectivity index (χ3v) is 9.05. The topological polar surface area (TPSA) is 119 Å². The van der Waals surface area contributed by atoms with Gasteiger partial charge < -0.3 is 20.9 Å². The zero-order valence-electron chi connectivity index (χ0n) is 33.8. The minimum atomic E-state index is -1.01. The molecule has 7 heteroatoms. The molecule has 0 saturated carbocycles. The van der Waals surface area contributed by atoms with E-state index in [4.69, 9.17) is 10.5 Å². The molecule has 0 radical (unpaired) electrons. The molecule has 0 fully saturated rings. The van der Waals surface area contributed by atoms with Crippen LogP contribution in [0.5, 0.6) is 0 Å². The Balaban J connectivity index is 4.36. The second-order valence-corrected chi connectivity index (χ2v) is 14.0. The van der Waals surface area contributed by atoms with Crippen molar-refractivity contribution in [3.63, 3.8) is 0 Å². The Morgan fingerprint density at radius 1 is 0.566 bits per heavy atom. The van der Waals surface area contributed by atoms with Crippen LogP contribution in [0.2, 0.25) is 0 Å². The second kappa shape index (κ2) is 40.0. The summed E-state index contributed by atoms with van der Waals surface area (Å²) < 4.78 is 5.98. The van der Waals surface area contributed by atoms with Crippen LogP contribution in [0.25, 0.3) is 0 Å². The van der Waals surface area contributed by atoms with E-state index < -0.39 is 12.0 Å². The fourth-order valence-corrected chi connectivity index (χ4v) is 5.89. The van der Waals surface area contributed by atoms with Crippen LogP contribution >= 0.6 is 0 Å². The van der Waals surface area contributed by atoms with E-state index in [1.807, 2.05) is 0 Å². The van der Waals surface area contributed by atoms with Gasteiger partial charge in [-0.25, -0.2) is 4.79 Å². The number of nitrogens with two attached hydrogens (primary N) is 1. The maximum Gasteiger partial charge on any atom is 0.326 e. The molecule has 0 saturated heterocycles. The maximum atomic E-state index is 12.7.